The minimum atomic E-state index is -1.13. The fraction of sp³-hybridized carbons (Fsp3) is 0.171. The van der Waals surface area contributed by atoms with Crippen molar-refractivity contribution in [1.29, 1.82) is 0 Å². The molecule has 1 amide bonds. The van der Waals surface area contributed by atoms with E-state index in [9.17, 15) is 24.3 Å². The number of methoxy groups -OCH3 is 1. The van der Waals surface area contributed by atoms with Gasteiger partial charge in [-0.2, -0.15) is 0 Å². The monoisotopic (exact) mass is 638 g/mol. The summed E-state index contributed by atoms with van der Waals surface area (Å²) < 4.78 is 15.9. The summed E-state index contributed by atoms with van der Waals surface area (Å²) >= 11 is 0.885. The number of aromatic nitrogens is 1. The third kappa shape index (κ3) is 6.31. The van der Waals surface area contributed by atoms with Gasteiger partial charge >= 0.3 is 17.8 Å². The first-order valence-electron chi connectivity index (χ1n) is 14.2. The Morgan fingerprint density at radius 1 is 0.978 bits per heavy atom. The number of ether oxygens (including phenoxy) is 3. The number of Topliss-reactive ketones (excluding diaryl/α,β-unsaturated/α-hetero) is 1. The molecule has 0 saturated carbocycles. The molecule has 2 heterocycles. The zero-order chi connectivity index (χ0) is 33.0. The van der Waals surface area contributed by atoms with Crippen LogP contribution in [0.5, 0.6) is 5.75 Å². The summed E-state index contributed by atoms with van der Waals surface area (Å²) in [5, 5.41) is 11.6. The first kappa shape index (κ1) is 31.9. The highest BCUT2D eigenvalue weighted by atomic mass is 32.1. The smallest absolute Gasteiger partial charge is 0.350 e. The van der Waals surface area contributed by atoms with E-state index in [0.29, 0.717) is 23.6 Å². The number of hydrogen-bond donors (Lipinski definition) is 1. The SMILES string of the molecule is C=CCOC(=O)c1sc(N2C(=O)C(=O)C(=C(O)c3ccc(OCc4ccccc4C)cc3)C2c2ccc(C(=O)OC)cc2)nc1C. The molecule has 46 heavy (non-hydrogen) atoms. The minimum Gasteiger partial charge on any atom is -0.507 e. The Morgan fingerprint density at radius 3 is 2.30 bits per heavy atom. The normalized spacial score (nSPS) is 15.5. The van der Waals surface area contributed by atoms with Crippen LogP contribution in [0.15, 0.2) is 91.0 Å². The van der Waals surface area contributed by atoms with E-state index in [0.717, 1.165) is 27.4 Å². The number of aliphatic hydroxyl groups is 1. The zero-order valence-electron chi connectivity index (χ0n) is 25.3. The highest BCUT2D eigenvalue weighted by Crippen LogP contribution is 2.44. The number of nitrogens with zero attached hydrogens (tertiary/aromatic N) is 2. The number of esters is 2. The van der Waals surface area contributed by atoms with Gasteiger partial charge in [0.2, 0.25) is 0 Å². The van der Waals surface area contributed by atoms with E-state index < -0.39 is 35.4 Å². The average Bonchev–Trinajstić information content (AvgIpc) is 3.58. The fourth-order valence-corrected chi connectivity index (χ4v) is 5.92. The molecule has 1 N–H and O–H groups in total. The van der Waals surface area contributed by atoms with Crippen molar-refractivity contribution in [3.63, 3.8) is 0 Å². The fourth-order valence-electron chi connectivity index (χ4n) is 4.94. The molecule has 5 rings (SSSR count). The first-order valence-corrected chi connectivity index (χ1v) is 15.0. The molecule has 10 nitrogen and oxygen atoms in total. The Kier molecular flexibility index (Phi) is 9.43. The molecule has 11 heteroatoms. The second kappa shape index (κ2) is 13.6. The molecule has 1 fully saturated rings. The molecule has 1 aliphatic heterocycles. The van der Waals surface area contributed by atoms with E-state index in [1.807, 2.05) is 31.2 Å². The van der Waals surface area contributed by atoms with Crippen molar-refractivity contribution in [2.45, 2.75) is 26.5 Å². The number of aliphatic hydroxyl groups excluding tert-OH is 1. The molecule has 1 aromatic heterocycles. The highest BCUT2D eigenvalue weighted by molar-refractivity contribution is 7.17. The first-order chi connectivity index (χ1) is 22.1. The summed E-state index contributed by atoms with van der Waals surface area (Å²) in [4.78, 5) is 57.6. The van der Waals surface area contributed by atoms with E-state index in [2.05, 4.69) is 11.6 Å². The second-order valence-electron chi connectivity index (χ2n) is 10.3. The van der Waals surface area contributed by atoms with Crippen LogP contribution in [0.1, 0.15) is 54.0 Å². The minimum absolute atomic E-state index is 0.0156. The molecule has 0 radical (unpaired) electrons. The van der Waals surface area contributed by atoms with Crippen molar-refractivity contribution in [2.75, 3.05) is 18.6 Å². The molecule has 3 aromatic carbocycles. The molecule has 1 aliphatic rings. The Hall–Kier alpha value is -5.55. The molecule has 0 aliphatic carbocycles. The molecule has 234 valence electrons. The van der Waals surface area contributed by atoms with Crippen molar-refractivity contribution in [3.8, 4) is 5.75 Å². The Labute approximate surface area is 269 Å². The summed E-state index contributed by atoms with van der Waals surface area (Å²) in [6.07, 6.45) is 1.43. The topological polar surface area (TPSA) is 132 Å². The predicted octanol–water partition coefficient (Wildman–Crippen LogP) is 6.09. The number of anilines is 1. The number of hydrogen-bond acceptors (Lipinski definition) is 10. The third-order valence-corrected chi connectivity index (χ3v) is 8.52. The van der Waals surface area contributed by atoms with Crippen LogP contribution in [-0.2, 0) is 25.7 Å². The molecule has 1 unspecified atom stereocenters. The largest absolute Gasteiger partial charge is 0.507 e. The molecule has 1 atom stereocenters. The van der Waals surface area contributed by atoms with Gasteiger partial charge in [-0.1, -0.05) is 60.4 Å². The summed E-state index contributed by atoms with van der Waals surface area (Å²) in [6, 6.07) is 19.3. The second-order valence-corrected chi connectivity index (χ2v) is 11.3. The standard InChI is InChI=1S/C35H30N2O8S/c1-5-18-44-34(42)31-21(3)36-35(46-31)37-28(22-10-12-24(13-11-22)33(41)43-4)27(30(39)32(37)40)29(38)23-14-16-26(17-15-23)45-19-25-9-7-6-8-20(25)2/h5-17,28,38H,1,18-19H2,2-4H3. The predicted molar refractivity (Wildman–Crippen MR) is 172 cm³/mol. The van der Waals surface area contributed by atoms with Crippen molar-refractivity contribution >= 4 is 45.9 Å². The third-order valence-electron chi connectivity index (χ3n) is 7.38. The van der Waals surface area contributed by atoms with Gasteiger partial charge in [0.1, 0.15) is 29.6 Å². The molecular weight excluding hydrogens is 608 g/mol. The maximum atomic E-state index is 13.6. The number of thiazole rings is 1. The number of carbonyl (C=O) groups is 4. The highest BCUT2D eigenvalue weighted by Gasteiger charge is 2.48. The molecule has 0 spiro atoms. The summed E-state index contributed by atoms with van der Waals surface area (Å²) in [5.74, 6) is -2.97. The van der Waals surface area contributed by atoms with Gasteiger partial charge in [0.15, 0.2) is 5.13 Å². The van der Waals surface area contributed by atoms with Gasteiger partial charge in [-0.3, -0.25) is 14.5 Å². The van der Waals surface area contributed by atoms with Gasteiger partial charge in [0.05, 0.1) is 30.0 Å². The van der Waals surface area contributed by atoms with Crippen LogP contribution in [0.4, 0.5) is 5.13 Å². The lowest BCUT2D eigenvalue weighted by atomic mass is 9.94. The van der Waals surface area contributed by atoms with E-state index in [1.165, 1.54) is 25.3 Å². The molecule has 1 saturated heterocycles. The number of aryl methyl sites for hydroxylation is 2. The van der Waals surface area contributed by atoms with Gasteiger partial charge in [-0.25, -0.2) is 14.6 Å². The summed E-state index contributed by atoms with van der Waals surface area (Å²) in [6.45, 7) is 7.45. The lowest BCUT2D eigenvalue weighted by molar-refractivity contribution is -0.132. The van der Waals surface area contributed by atoms with Crippen LogP contribution in [-0.4, -0.2) is 47.4 Å². The Morgan fingerprint density at radius 2 is 1.65 bits per heavy atom. The van der Waals surface area contributed by atoms with E-state index in [4.69, 9.17) is 14.2 Å². The van der Waals surface area contributed by atoms with Gasteiger partial charge in [-0.05, 0) is 66.9 Å². The van der Waals surface area contributed by atoms with Gasteiger partial charge < -0.3 is 19.3 Å². The van der Waals surface area contributed by atoms with Crippen molar-refractivity contribution in [1.82, 2.24) is 4.98 Å². The van der Waals surface area contributed by atoms with Crippen LogP contribution in [0, 0.1) is 13.8 Å². The quantitative estimate of drug-likeness (QED) is 0.0720. The Balaban J connectivity index is 1.54. The van der Waals surface area contributed by atoms with Gasteiger partial charge in [0, 0.05) is 5.56 Å². The summed E-state index contributed by atoms with van der Waals surface area (Å²) in [7, 11) is 1.26. The number of ketones is 1. The number of amides is 1. The molecule has 0 bridgehead atoms. The number of benzene rings is 3. The lowest BCUT2D eigenvalue weighted by Crippen LogP contribution is -2.29. The maximum absolute atomic E-state index is 13.6. The van der Waals surface area contributed by atoms with Crippen LogP contribution in [0.25, 0.3) is 5.76 Å². The Bertz CT molecular complexity index is 1860. The van der Waals surface area contributed by atoms with Crippen LogP contribution < -0.4 is 9.64 Å². The van der Waals surface area contributed by atoms with Crippen LogP contribution >= 0.6 is 11.3 Å². The average molecular weight is 639 g/mol. The van der Waals surface area contributed by atoms with Crippen LogP contribution in [0.2, 0.25) is 0 Å². The van der Waals surface area contributed by atoms with Crippen LogP contribution in [0.3, 0.4) is 0 Å². The zero-order valence-corrected chi connectivity index (χ0v) is 26.1. The molecular formula is C35H30N2O8S. The number of carbonyl (C=O) groups excluding carboxylic acids is 4. The van der Waals surface area contributed by atoms with Gasteiger partial charge in [-0.15, -0.1) is 0 Å². The van der Waals surface area contributed by atoms with E-state index in [-0.39, 0.29) is 33.3 Å². The maximum Gasteiger partial charge on any atom is 0.350 e. The lowest BCUT2D eigenvalue weighted by Gasteiger charge is -2.23. The summed E-state index contributed by atoms with van der Waals surface area (Å²) in [5.41, 5.74) is 3.18. The number of rotatable bonds is 10. The van der Waals surface area contributed by atoms with E-state index in [1.54, 1.807) is 43.3 Å². The van der Waals surface area contributed by atoms with E-state index >= 15 is 0 Å². The van der Waals surface area contributed by atoms with Crippen molar-refractivity contribution in [2.24, 2.45) is 0 Å². The van der Waals surface area contributed by atoms with Gasteiger partial charge in [0.25, 0.3) is 5.78 Å². The van der Waals surface area contributed by atoms with Crippen molar-refractivity contribution in [3.05, 3.63) is 129 Å². The molecule has 4 aromatic rings. The van der Waals surface area contributed by atoms with Crippen molar-refractivity contribution < 1.29 is 38.5 Å².